The number of carbonyl (C=O) groups excluding carboxylic acids is 1. The molecule has 0 aliphatic carbocycles. The number of hydrogen-bond acceptors (Lipinski definition) is 3. The van der Waals surface area contributed by atoms with Crippen molar-refractivity contribution in [1.29, 1.82) is 0 Å². The Labute approximate surface area is 118 Å². The van der Waals surface area contributed by atoms with E-state index in [9.17, 15) is 4.79 Å². The molecule has 5 heteroatoms. The highest BCUT2D eigenvalue weighted by atomic mass is 35.5. The van der Waals surface area contributed by atoms with Crippen LogP contribution >= 0.6 is 24.2 Å². The van der Waals surface area contributed by atoms with Gasteiger partial charge in [-0.15, -0.1) is 24.2 Å². The molecule has 0 unspecified atom stereocenters. The van der Waals surface area contributed by atoms with Crippen molar-refractivity contribution < 1.29 is 9.53 Å². The number of rotatable bonds is 2. The van der Waals surface area contributed by atoms with Gasteiger partial charge in [0.05, 0.1) is 6.04 Å². The van der Waals surface area contributed by atoms with E-state index in [0.717, 1.165) is 5.56 Å². The second-order valence-electron chi connectivity index (χ2n) is 5.05. The maximum atomic E-state index is 11.1. The molecule has 1 fully saturated rings. The number of amides is 1. The first-order valence-corrected chi connectivity index (χ1v) is 6.48. The minimum atomic E-state index is -0.328. The molecule has 2 rings (SSSR count). The molecule has 0 aromatic heterocycles. The van der Waals surface area contributed by atoms with E-state index in [1.165, 1.54) is 4.90 Å². The number of benzene rings is 1. The van der Waals surface area contributed by atoms with Crippen molar-refractivity contribution in [3.05, 3.63) is 29.8 Å². The second-order valence-corrected chi connectivity index (χ2v) is 6.92. The lowest BCUT2D eigenvalue weighted by Crippen LogP contribution is -2.19. The number of cyclic esters (lactones) is 1. The van der Waals surface area contributed by atoms with Crippen molar-refractivity contribution in [2.24, 2.45) is 0 Å². The second kappa shape index (κ2) is 5.85. The fourth-order valence-electron chi connectivity index (χ4n) is 1.74. The number of nitrogens with one attached hydrogen (secondary N) is 1. The molecule has 1 atom stereocenters. The zero-order chi connectivity index (χ0) is 12.5. The van der Waals surface area contributed by atoms with Crippen LogP contribution in [0.25, 0.3) is 0 Å². The number of halogens is 1. The first-order chi connectivity index (χ1) is 7.96. The number of ether oxygens (including phenoxy) is 1. The van der Waals surface area contributed by atoms with Crippen LogP contribution in [0.4, 0.5) is 4.79 Å². The molecule has 18 heavy (non-hydrogen) atoms. The first-order valence-electron chi connectivity index (χ1n) is 5.67. The Bertz CT molecular complexity index is 431. The topological polar surface area (TPSA) is 38.3 Å². The summed E-state index contributed by atoms with van der Waals surface area (Å²) in [4.78, 5) is 12.3. The van der Waals surface area contributed by atoms with Gasteiger partial charge >= 0.3 is 6.09 Å². The third-order valence-corrected chi connectivity index (χ3v) is 3.59. The molecule has 0 radical (unpaired) electrons. The summed E-state index contributed by atoms with van der Waals surface area (Å²) in [7, 11) is 0. The summed E-state index contributed by atoms with van der Waals surface area (Å²) in [6, 6.07) is 8.14. The SMILES string of the molecule is CC(C)(C)Sc1ccccc1[C@@H]1COC(=O)N1.Cl. The van der Waals surface area contributed by atoms with Crippen LogP contribution in [-0.4, -0.2) is 17.4 Å². The van der Waals surface area contributed by atoms with Gasteiger partial charge in [-0.2, -0.15) is 0 Å². The number of carbonyl (C=O) groups is 1. The highest BCUT2D eigenvalue weighted by Gasteiger charge is 2.26. The summed E-state index contributed by atoms with van der Waals surface area (Å²) < 4.78 is 5.10. The lowest BCUT2D eigenvalue weighted by molar-refractivity contribution is 0.177. The molecule has 100 valence electrons. The van der Waals surface area contributed by atoms with E-state index in [0.29, 0.717) is 6.61 Å². The van der Waals surface area contributed by atoms with Crippen molar-refractivity contribution in [3.63, 3.8) is 0 Å². The Morgan fingerprint density at radius 2 is 2.00 bits per heavy atom. The van der Waals surface area contributed by atoms with Crippen molar-refractivity contribution in [2.45, 2.75) is 36.5 Å². The van der Waals surface area contributed by atoms with Gasteiger partial charge in [0.2, 0.25) is 0 Å². The minimum absolute atomic E-state index is 0. The predicted octanol–water partition coefficient (Wildman–Crippen LogP) is 3.78. The van der Waals surface area contributed by atoms with E-state index in [4.69, 9.17) is 4.74 Å². The summed E-state index contributed by atoms with van der Waals surface area (Å²) in [6.07, 6.45) is -0.328. The summed E-state index contributed by atoms with van der Waals surface area (Å²) >= 11 is 1.81. The molecular weight excluding hydrogens is 270 g/mol. The first kappa shape index (κ1) is 15.2. The molecule has 0 spiro atoms. The monoisotopic (exact) mass is 287 g/mol. The quantitative estimate of drug-likeness (QED) is 0.841. The fraction of sp³-hybridized carbons (Fsp3) is 0.462. The Balaban J connectivity index is 0.00000162. The molecule has 1 aromatic carbocycles. The van der Waals surface area contributed by atoms with Crippen LogP contribution in [0, 0.1) is 0 Å². The lowest BCUT2D eigenvalue weighted by Gasteiger charge is -2.21. The average Bonchev–Trinajstić information content (AvgIpc) is 2.63. The summed E-state index contributed by atoms with van der Waals surface area (Å²) in [5.41, 5.74) is 1.14. The van der Waals surface area contributed by atoms with Gasteiger partial charge in [0.1, 0.15) is 6.61 Å². The van der Waals surface area contributed by atoms with Gasteiger partial charge in [0, 0.05) is 9.64 Å². The van der Waals surface area contributed by atoms with Crippen LogP contribution < -0.4 is 5.32 Å². The van der Waals surface area contributed by atoms with Gasteiger partial charge in [0.15, 0.2) is 0 Å². The Kier molecular flexibility index (Phi) is 4.93. The van der Waals surface area contributed by atoms with Gasteiger partial charge in [-0.25, -0.2) is 4.79 Å². The molecule has 0 saturated carbocycles. The molecule has 1 heterocycles. The van der Waals surface area contributed by atoms with Crippen LogP contribution in [0.2, 0.25) is 0 Å². The Hall–Kier alpha value is -0.870. The summed E-state index contributed by atoms with van der Waals surface area (Å²) in [5.74, 6) is 0. The van der Waals surface area contributed by atoms with E-state index < -0.39 is 0 Å². The minimum Gasteiger partial charge on any atom is -0.447 e. The van der Waals surface area contributed by atoms with Gasteiger partial charge in [0.25, 0.3) is 0 Å². The maximum absolute atomic E-state index is 11.1. The predicted molar refractivity (Wildman–Crippen MR) is 76.5 cm³/mol. The standard InChI is InChI=1S/C13H17NO2S.ClH/c1-13(2,3)17-11-7-5-4-6-9(11)10-8-16-12(15)14-10;/h4-7,10H,8H2,1-3H3,(H,14,15);1H/t10-;/m0./s1. The molecule has 3 nitrogen and oxygen atoms in total. The van der Waals surface area contributed by atoms with Crippen LogP contribution in [0.15, 0.2) is 29.2 Å². The highest BCUT2D eigenvalue weighted by Crippen LogP contribution is 2.36. The van der Waals surface area contributed by atoms with Gasteiger partial charge in [-0.05, 0) is 11.6 Å². The Morgan fingerprint density at radius 3 is 2.56 bits per heavy atom. The molecular formula is C13H18ClNO2S. The van der Waals surface area contributed by atoms with E-state index in [1.54, 1.807) is 0 Å². The number of thioether (sulfide) groups is 1. The zero-order valence-electron chi connectivity index (χ0n) is 10.7. The van der Waals surface area contributed by atoms with Crippen LogP contribution in [0.5, 0.6) is 0 Å². The molecule has 1 aliphatic rings. The van der Waals surface area contributed by atoms with Crippen LogP contribution in [-0.2, 0) is 4.74 Å². The van der Waals surface area contributed by atoms with Crippen molar-refractivity contribution in [3.8, 4) is 0 Å². The maximum Gasteiger partial charge on any atom is 0.407 e. The largest absolute Gasteiger partial charge is 0.447 e. The van der Waals surface area contributed by atoms with Crippen LogP contribution in [0.1, 0.15) is 32.4 Å². The van der Waals surface area contributed by atoms with Crippen molar-refractivity contribution >= 4 is 30.3 Å². The summed E-state index contributed by atoms with van der Waals surface area (Å²) in [5, 5.41) is 2.82. The van der Waals surface area contributed by atoms with Gasteiger partial charge in [-0.1, -0.05) is 39.0 Å². The molecule has 1 aromatic rings. The van der Waals surface area contributed by atoms with Crippen molar-refractivity contribution in [2.75, 3.05) is 6.61 Å². The molecule has 1 aliphatic heterocycles. The molecule has 1 saturated heterocycles. The van der Waals surface area contributed by atoms with Crippen molar-refractivity contribution in [1.82, 2.24) is 5.32 Å². The third kappa shape index (κ3) is 3.82. The number of alkyl carbamates (subject to hydrolysis) is 1. The normalized spacial score (nSPS) is 18.8. The van der Waals surface area contributed by atoms with E-state index in [1.807, 2.05) is 30.0 Å². The van der Waals surface area contributed by atoms with Gasteiger partial charge in [-0.3, -0.25) is 0 Å². The molecule has 1 N–H and O–H groups in total. The zero-order valence-corrected chi connectivity index (χ0v) is 12.4. The average molecular weight is 288 g/mol. The smallest absolute Gasteiger partial charge is 0.407 e. The third-order valence-electron chi connectivity index (χ3n) is 2.38. The van der Waals surface area contributed by atoms with E-state index in [-0.39, 0.29) is 29.3 Å². The highest BCUT2D eigenvalue weighted by molar-refractivity contribution is 8.00. The number of hydrogen-bond donors (Lipinski definition) is 1. The Morgan fingerprint density at radius 1 is 1.33 bits per heavy atom. The van der Waals surface area contributed by atoms with E-state index >= 15 is 0 Å². The van der Waals surface area contributed by atoms with Gasteiger partial charge < -0.3 is 10.1 Å². The fourth-order valence-corrected chi connectivity index (χ4v) is 2.88. The molecule has 0 bridgehead atoms. The molecule has 1 amide bonds. The summed E-state index contributed by atoms with van der Waals surface area (Å²) in [6.45, 7) is 6.95. The van der Waals surface area contributed by atoms with E-state index in [2.05, 4.69) is 32.2 Å². The van der Waals surface area contributed by atoms with Crippen LogP contribution in [0.3, 0.4) is 0 Å². The lowest BCUT2D eigenvalue weighted by atomic mass is 10.1.